The molecule has 0 aliphatic heterocycles. The molecule has 0 aromatic carbocycles. The van der Waals surface area contributed by atoms with E-state index in [4.69, 9.17) is 10.5 Å². The van der Waals surface area contributed by atoms with Crippen LogP contribution in [-0.2, 0) is 13.0 Å². The van der Waals surface area contributed by atoms with Gasteiger partial charge in [-0.15, -0.1) is 0 Å². The van der Waals surface area contributed by atoms with E-state index in [9.17, 15) is 0 Å². The molecule has 2 aromatic heterocycles. The molecule has 2 rings (SSSR count). The Morgan fingerprint density at radius 1 is 1.44 bits per heavy atom. The number of ether oxygens (including phenoxy) is 1. The third-order valence-corrected chi connectivity index (χ3v) is 2.51. The molecule has 2 heterocycles. The van der Waals surface area contributed by atoms with Gasteiger partial charge < -0.3 is 15.0 Å². The normalized spacial score (nSPS) is 12.3. The minimum absolute atomic E-state index is 0.130. The smallest absolute Gasteiger partial charge is 0.137 e. The number of nitrogens with zero attached hydrogens (tertiary/aromatic N) is 3. The van der Waals surface area contributed by atoms with E-state index in [0.717, 1.165) is 24.4 Å². The lowest BCUT2D eigenvalue weighted by molar-refractivity contribution is 0.297. The second-order valence-corrected chi connectivity index (χ2v) is 4.32. The zero-order chi connectivity index (χ0) is 12.8. The second kappa shape index (κ2) is 6.16. The summed E-state index contributed by atoms with van der Waals surface area (Å²) in [5.41, 5.74) is 6.71. The molecule has 2 aromatic rings. The van der Waals surface area contributed by atoms with Gasteiger partial charge in [0, 0.05) is 30.6 Å². The summed E-state index contributed by atoms with van der Waals surface area (Å²) in [4.78, 5) is 8.28. The highest BCUT2D eigenvalue weighted by Gasteiger charge is 2.00. The van der Waals surface area contributed by atoms with E-state index >= 15 is 0 Å². The van der Waals surface area contributed by atoms with Crippen molar-refractivity contribution in [2.24, 2.45) is 5.73 Å². The highest BCUT2D eigenvalue weighted by molar-refractivity contribution is 5.20. The fourth-order valence-electron chi connectivity index (χ4n) is 1.63. The lowest BCUT2D eigenvalue weighted by Crippen LogP contribution is -2.18. The summed E-state index contributed by atoms with van der Waals surface area (Å²) in [5, 5.41) is 0. The Morgan fingerprint density at radius 3 is 2.94 bits per heavy atom. The first kappa shape index (κ1) is 12.6. The monoisotopic (exact) mass is 246 g/mol. The quantitative estimate of drug-likeness (QED) is 0.833. The number of imidazole rings is 1. The molecule has 1 atom stereocenters. The van der Waals surface area contributed by atoms with Crippen molar-refractivity contribution in [3.63, 3.8) is 0 Å². The number of aromatic nitrogens is 3. The average molecular weight is 246 g/mol. The lowest BCUT2D eigenvalue weighted by Gasteiger charge is -2.08. The Balaban J connectivity index is 1.79. The molecule has 0 aliphatic rings. The lowest BCUT2D eigenvalue weighted by atomic mass is 10.2. The molecular formula is C13H18N4O. The van der Waals surface area contributed by atoms with Crippen molar-refractivity contribution in [1.29, 1.82) is 0 Å². The molecule has 0 bridgehead atoms. The first-order valence-electron chi connectivity index (χ1n) is 6.03. The van der Waals surface area contributed by atoms with Gasteiger partial charge in [0.2, 0.25) is 0 Å². The first-order chi connectivity index (χ1) is 8.74. The minimum atomic E-state index is 0.130. The summed E-state index contributed by atoms with van der Waals surface area (Å²) in [5.74, 6) is 0.781. The molecule has 0 radical (unpaired) electrons. The second-order valence-electron chi connectivity index (χ2n) is 4.32. The van der Waals surface area contributed by atoms with Crippen LogP contribution >= 0.6 is 0 Å². The van der Waals surface area contributed by atoms with E-state index < -0.39 is 0 Å². The molecule has 0 saturated carbocycles. The van der Waals surface area contributed by atoms with Crippen LogP contribution in [-0.4, -0.2) is 27.2 Å². The molecule has 5 nitrogen and oxygen atoms in total. The van der Waals surface area contributed by atoms with Gasteiger partial charge in [-0.2, -0.15) is 0 Å². The molecule has 96 valence electrons. The number of rotatable bonds is 6. The summed E-state index contributed by atoms with van der Waals surface area (Å²) in [6, 6.07) is 4.01. The van der Waals surface area contributed by atoms with Crippen LogP contribution < -0.4 is 10.5 Å². The molecule has 5 heteroatoms. The first-order valence-corrected chi connectivity index (χ1v) is 6.03. The zero-order valence-electron chi connectivity index (χ0n) is 10.5. The summed E-state index contributed by atoms with van der Waals surface area (Å²) >= 11 is 0. The van der Waals surface area contributed by atoms with Crippen molar-refractivity contribution >= 4 is 0 Å². The van der Waals surface area contributed by atoms with E-state index in [1.165, 1.54) is 0 Å². The van der Waals surface area contributed by atoms with Crippen LogP contribution in [0.15, 0.2) is 37.1 Å². The topological polar surface area (TPSA) is 66.0 Å². The third kappa shape index (κ3) is 3.85. The predicted molar refractivity (Wildman–Crippen MR) is 69.3 cm³/mol. The van der Waals surface area contributed by atoms with Gasteiger partial charge in [-0.1, -0.05) is 0 Å². The molecule has 0 saturated heterocycles. The molecule has 2 N–H and O–H groups in total. The van der Waals surface area contributed by atoms with Crippen LogP contribution in [0.2, 0.25) is 0 Å². The highest BCUT2D eigenvalue weighted by Crippen LogP contribution is 2.10. The van der Waals surface area contributed by atoms with E-state index in [1.807, 2.05) is 29.8 Å². The Labute approximate surface area is 107 Å². The van der Waals surface area contributed by atoms with Crippen LogP contribution in [0.5, 0.6) is 5.75 Å². The third-order valence-electron chi connectivity index (χ3n) is 2.51. The average Bonchev–Trinajstić information content (AvgIpc) is 2.84. The van der Waals surface area contributed by atoms with Crippen LogP contribution in [0.25, 0.3) is 0 Å². The molecule has 0 aliphatic carbocycles. The zero-order valence-corrected chi connectivity index (χ0v) is 10.5. The van der Waals surface area contributed by atoms with Gasteiger partial charge in [0.1, 0.15) is 12.4 Å². The highest BCUT2D eigenvalue weighted by atomic mass is 16.5. The number of pyridine rings is 1. The summed E-state index contributed by atoms with van der Waals surface area (Å²) < 4.78 is 7.57. The summed E-state index contributed by atoms with van der Waals surface area (Å²) in [7, 11) is 0. The van der Waals surface area contributed by atoms with Crippen molar-refractivity contribution in [2.75, 3.05) is 6.61 Å². The van der Waals surface area contributed by atoms with Crippen molar-refractivity contribution in [1.82, 2.24) is 14.5 Å². The number of hydrogen-bond acceptors (Lipinski definition) is 4. The maximum Gasteiger partial charge on any atom is 0.137 e. The number of hydrogen-bond donors (Lipinski definition) is 1. The SMILES string of the molecule is CC(N)Cc1ccc(OCCn2ccnc2)cn1. The molecule has 0 amide bonds. The molecule has 1 unspecified atom stereocenters. The molecule has 0 fully saturated rings. The fourth-order valence-corrected chi connectivity index (χ4v) is 1.63. The van der Waals surface area contributed by atoms with Gasteiger partial charge >= 0.3 is 0 Å². The number of nitrogens with two attached hydrogens (primary N) is 1. The van der Waals surface area contributed by atoms with Gasteiger partial charge in [0.05, 0.1) is 19.1 Å². The Morgan fingerprint density at radius 2 is 2.33 bits per heavy atom. The largest absolute Gasteiger partial charge is 0.490 e. The van der Waals surface area contributed by atoms with Crippen molar-refractivity contribution in [2.45, 2.75) is 25.9 Å². The molecule has 18 heavy (non-hydrogen) atoms. The van der Waals surface area contributed by atoms with Crippen LogP contribution in [0, 0.1) is 0 Å². The van der Waals surface area contributed by atoms with E-state index in [1.54, 1.807) is 18.7 Å². The van der Waals surface area contributed by atoms with E-state index in [0.29, 0.717) is 6.61 Å². The fraction of sp³-hybridized carbons (Fsp3) is 0.385. The Hall–Kier alpha value is -1.88. The van der Waals surface area contributed by atoms with Gasteiger partial charge in [-0.25, -0.2) is 4.98 Å². The minimum Gasteiger partial charge on any atom is -0.490 e. The molecule has 0 spiro atoms. The standard InChI is InChI=1S/C13H18N4O/c1-11(14)8-12-2-3-13(9-16-12)18-7-6-17-5-4-15-10-17/h2-5,9-11H,6-8,14H2,1H3. The Kier molecular flexibility index (Phi) is 4.30. The maximum atomic E-state index is 5.72. The van der Waals surface area contributed by atoms with Crippen LogP contribution in [0.4, 0.5) is 0 Å². The van der Waals surface area contributed by atoms with Crippen molar-refractivity contribution < 1.29 is 4.74 Å². The van der Waals surface area contributed by atoms with Gasteiger partial charge in [-0.05, 0) is 19.1 Å². The summed E-state index contributed by atoms with van der Waals surface area (Å²) in [6.07, 6.45) is 7.96. The Bertz CT molecular complexity index is 450. The van der Waals surface area contributed by atoms with Gasteiger partial charge in [-0.3, -0.25) is 4.98 Å². The van der Waals surface area contributed by atoms with Gasteiger partial charge in [0.25, 0.3) is 0 Å². The summed E-state index contributed by atoms with van der Waals surface area (Å²) in [6.45, 7) is 3.35. The van der Waals surface area contributed by atoms with Gasteiger partial charge in [0.15, 0.2) is 0 Å². The molecular weight excluding hydrogens is 228 g/mol. The van der Waals surface area contributed by atoms with E-state index in [-0.39, 0.29) is 6.04 Å². The van der Waals surface area contributed by atoms with Crippen molar-refractivity contribution in [3.05, 3.63) is 42.7 Å². The maximum absolute atomic E-state index is 5.72. The van der Waals surface area contributed by atoms with Crippen LogP contribution in [0.1, 0.15) is 12.6 Å². The predicted octanol–water partition coefficient (Wildman–Crippen LogP) is 1.25. The van der Waals surface area contributed by atoms with Crippen molar-refractivity contribution in [3.8, 4) is 5.75 Å². The van der Waals surface area contributed by atoms with Crippen LogP contribution in [0.3, 0.4) is 0 Å². The van der Waals surface area contributed by atoms with E-state index in [2.05, 4.69) is 9.97 Å².